The first-order valence-corrected chi connectivity index (χ1v) is 5.96. The molecule has 0 amide bonds. The summed E-state index contributed by atoms with van der Waals surface area (Å²) in [4.78, 5) is 4.41. The highest BCUT2D eigenvalue weighted by Crippen LogP contribution is 2.29. The fourth-order valence-corrected chi connectivity index (χ4v) is 2.12. The largest absolute Gasteiger partial charge is 0.496 e. The molecule has 2 aromatic carbocycles. The van der Waals surface area contributed by atoms with Crippen LogP contribution in [-0.4, -0.2) is 12.1 Å². The van der Waals surface area contributed by atoms with E-state index in [0.717, 1.165) is 27.8 Å². The zero-order valence-electron chi connectivity index (χ0n) is 10.4. The topological polar surface area (TPSA) is 22.1 Å². The molecular weight excluding hydrogens is 241 g/mol. The Balaban J connectivity index is 2.20. The molecule has 94 valence electrons. The smallest absolute Gasteiger partial charge is 0.128 e. The third kappa shape index (κ3) is 2.15. The molecule has 0 saturated heterocycles. The monoisotopic (exact) mass is 253 g/mol. The molecule has 0 spiro atoms. The summed E-state index contributed by atoms with van der Waals surface area (Å²) in [7, 11) is 1.62. The molecule has 1 aromatic heterocycles. The number of rotatable bonds is 2. The molecular formula is C16H12FNO. The Kier molecular flexibility index (Phi) is 2.88. The number of pyridine rings is 1. The van der Waals surface area contributed by atoms with Crippen LogP contribution in [0.25, 0.3) is 22.0 Å². The minimum absolute atomic E-state index is 0.246. The maximum atomic E-state index is 13.3. The van der Waals surface area contributed by atoms with Crippen molar-refractivity contribution in [3.63, 3.8) is 0 Å². The first-order valence-electron chi connectivity index (χ1n) is 5.96. The highest BCUT2D eigenvalue weighted by Gasteiger charge is 2.07. The van der Waals surface area contributed by atoms with E-state index in [2.05, 4.69) is 4.98 Å². The fourth-order valence-electron chi connectivity index (χ4n) is 2.12. The second-order valence-electron chi connectivity index (χ2n) is 4.26. The van der Waals surface area contributed by atoms with E-state index >= 15 is 0 Å². The standard InChI is InChI=1S/C16H12FNO/c1-19-16-5-3-2-4-14(16)15-9-12-8-13(17)7-6-11(12)10-18-15/h2-10H,1H3. The van der Waals surface area contributed by atoms with Crippen molar-refractivity contribution in [2.24, 2.45) is 0 Å². The number of halogens is 1. The Morgan fingerprint density at radius 2 is 1.84 bits per heavy atom. The number of nitrogens with zero attached hydrogens (tertiary/aromatic N) is 1. The normalized spacial score (nSPS) is 10.6. The van der Waals surface area contributed by atoms with Gasteiger partial charge < -0.3 is 4.74 Å². The van der Waals surface area contributed by atoms with Gasteiger partial charge in [-0.2, -0.15) is 0 Å². The van der Waals surface area contributed by atoms with Gasteiger partial charge in [0.05, 0.1) is 12.8 Å². The predicted octanol–water partition coefficient (Wildman–Crippen LogP) is 4.05. The van der Waals surface area contributed by atoms with Crippen LogP contribution in [0.1, 0.15) is 0 Å². The van der Waals surface area contributed by atoms with Crippen LogP contribution < -0.4 is 4.74 Å². The zero-order valence-corrected chi connectivity index (χ0v) is 10.4. The predicted molar refractivity (Wildman–Crippen MR) is 73.7 cm³/mol. The Labute approximate surface area is 110 Å². The maximum absolute atomic E-state index is 13.3. The zero-order chi connectivity index (χ0) is 13.2. The highest BCUT2D eigenvalue weighted by atomic mass is 19.1. The van der Waals surface area contributed by atoms with Crippen LogP contribution in [0.5, 0.6) is 5.75 Å². The first kappa shape index (κ1) is 11.7. The maximum Gasteiger partial charge on any atom is 0.128 e. The summed E-state index contributed by atoms with van der Waals surface area (Å²) in [6, 6.07) is 14.2. The van der Waals surface area contributed by atoms with Crippen molar-refractivity contribution in [3.05, 3.63) is 60.5 Å². The Morgan fingerprint density at radius 1 is 1.00 bits per heavy atom. The lowest BCUT2D eigenvalue weighted by Crippen LogP contribution is -1.90. The lowest BCUT2D eigenvalue weighted by Gasteiger charge is -2.08. The van der Waals surface area contributed by atoms with Crippen LogP contribution in [0.15, 0.2) is 54.7 Å². The molecule has 0 N–H and O–H groups in total. The second-order valence-corrected chi connectivity index (χ2v) is 4.26. The molecule has 0 aliphatic carbocycles. The third-order valence-electron chi connectivity index (χ3n) is 3.07. The molecule has 0 fully saturated rings. The molecule has 3 rings (SSSR count). The number of fused-ring (bicyclic) bond motifs is 1. The van der Waals surface area contributed by atoms with Crippen LogP contribution in [0, 0.1) is 5.82 Å². The molecule has 0 bridgehead atoms. The van der Waals surface area contributed by atoms with Gasteiger partial charge in [-0.05, 0) is 41.8 Å². The average Bonchev–Trinajstić information content (AvgIpc) is 2.46. The summed E-state index contributed by atoms with van der Waals surface area (Å²) < 4.78 is 18.6. The van der Waals surface area contributed by atoms with Gasteiger partial charge in [0.1, 0.15) is 11.6 Å². The van der Waals surface area contributed by atoms with Crippen molar-refractivity contribution < 1.29 is 9.13 Å². The van der Waals surface area contributed by atoms with Gasteiger partial charge in [0.25, 0.3) is 0 Å². The molecule has 1 heterocycles. The van der Waals surface area contributed by atoms with Gasteiger partial charge in [-0.3, -0.25) is 4.98 Å². The van der Waals surface area contributed by atoms with E-state index in [1.165, 1.54) is 12.1 Å². The van der Waals surface area contributed by atoms with Crippen LogP contribution in [0.3, 0.4) is 0 Å². The van der Waals surface area contributed by atoms with E-state index in [1.54, 1.807) is 19.4 Å². The van der Waals surface area contributed by atoms with E-state index in [9.17, 15) is 4.39 Å². The van der Waals surface area contributed by atoms with Gasteiger partial charge in [0, 0.05) is 17.1 Å². The van der Waals surface area contributed by atoms with Crippen molar-refractivity contribution >= 4 is 10.8 Å². The summed E-state index contributed by atoms with van der Waals surface area (Å²) in [5, 5.41) is 1.75. The quantitative estimate of drug-likeness (QED) is 0.687. The Morgan fingerprint density at radius 3 is 2.68 bits per heavy atom. The summed E-state index contributed by atoms with van der Waals surface area (Å²) >= 11 is 0. The number of hydrogen-bond donors (Lipinski definition) is 0. The average molecular weight is 253 g/mol. The van der Waals surface area contributed by atoms with Gasteiger partial charge in [0.2, 0.25) is 0 Å². The van der Waals surface area contributed by atoms with Crippen molar-refractivity contribution in [1.82, 2.24) is 4.98 Å². The summed E-state index contributed by atoms with van der Waals surface area (Å²) in [6.07, 6.45) is 1.75. The SMILES string of the molecule is COc1ccccc1-c1cc2cc(F)ccc2cn1. The van der Waals surface area contributed by atoms with Gasteiger partial charge in [-0.25, -0.2) is 4.39 Å². The number of aromatic nitrogens is 1. The van der Waals surface area contributed by atoms with Gasteiger partial charge in [0.15, 0.2) is 0 Å². The molecule has 19 heavy (non-hydrogen) atoms. The molecule has 2 nitrogen and oxygen atoms in total. The minimum Gasteiger partial charge on any atom is -0.496 e. The van der Waals surface area contributed by atoms with Crippen molar-refractivity contribution in [1.29, 1.82) is 0 Å². The molecule has 0 saturated carbocycles. The highest BCUT2D eigenvalue weighted by molar-refractivity contribution is 5.86. The second kappa shape index (κ2) is 4.69. The van der Waals surface area contributed by atoms with E-state index in [1.807, 2.05) is 30.3 Å². The lowest BCUT2D eigenvalue weighted by atomic mass is 10.1. The van der Waals surface area contributed by atoms with Crippen LogP contribution in [0.4, 0.5) is 4.39 Å². The van der Waals surface area contributed by atoms with E-state index in [4.69, 9.17) is 4.74 Å². The summed E-state index contributed by atoms with van der Waals surface area (Å²) in [5.41, 5.74) is 1.67. The number of methoxy groups -OCH3 is 1. The molecule has 3 heteroatoms. The lowest BCUT2D eigenvalue weighted by molar-refractivity contribution is 0.416. The number of hydrogen-bond acceptors (Lipinski definition) is 2. The van der Waals surface area contributed by atoms with Crippen LogP contribution in [0.2, 0.25) is 0 Å². The van der Waals surface area contributed by atoms with Crippen molar-refractivity contribution in [2.75, 3.05) is 7.11 Å². The molecule has 0 atom stereocenters. The Bertz CT molecular complexity index is 740. The van der Waals surface area contributed by atoms with Crippen LogP contribution >= 0.6 is 0 Å². The molecule has 0 aliphatic heterocycles. The van der Waals surface area contributed by atoms with E-state index < -0.39 is 0 Å². The first-order chi connectivity index (χ1) is 9.28. The minimum atomic E-state index is -0.246. The number of para-hydroxylation sites is 1. The van der Waals surface area contributed by atoms with Crippen molar-refractivity contribution in [3.8, 4) is 17.0 Å². The third-order valence-corrected chi connectivity index (χ3v) is 3.07. The number of ether oxygens (including phenoxy) is 1. The van der Waals surface area contributed by atoms with Gasteiger partial charge in [-0.15, -0.1) is 0 Å². The Hall–Kier alpha value is -2.42. The van der Waals surface area contributed by atoms with Gasteiger partial charge in [-0.1, -0.05) is 12.1 Å². The molecule has 3 aromatic rings. The summed E-state index contributed by atoms with van der Waals surface area (Å²) in [6.45, 7) is 0. The molecule has 0 unspecified atom stereocenters. The molecule has 0 radical (unpaired) electrons. The molecule has 0 aliphatic rings. The van der Waals surface area contributed by atoms with Gasteiger partial charge >= 0.3 is 0 Å². The van der Waals surface area contributed by atoms with Crippen molar-refractivity contribution in [2.45, 2.75) is 0 Å². The van der Waals surface area contributed by atoms with E-state index in [-0.39, 0.29) is 5.82 Å². The fraction of sp³-hybridized carbons (Fsp3) is 0.0625. The van der Waals surface area contributed by atoms with E-state index in [0.29, 0.717) is 0 Å². The summed E-state index contributed by atoms with van der Waals surface area (Å²) in [5.74, 6) is 0.510. The van der Waals surface area contributed by atoms with Crippen LogP contribution in [-0.2, 0) is 0 Å². The number of benzene rings is 2.